The van der Waals surface area contributed by atoms with Crippen molar-refractivity contribution in [3.8, 4) is 11.5 Å². The number of thiocarbonyl (C=S) groups is 1. The lowest BCUT2D eigenvalue weighted by molar-refractivity contribution is 0.407. The summed E-state index contributed by atoms with van der Waals surface area (Å²) < 4.78 is 33.2. The van der Waals surface area contributed by atoms with E-state index < -0.39 is 17.4 Å². The first kappa shape index (κ1) is 15.2. The zero-order valence-electron chi connectivity index (χ0n) is 11.6. The Bertz CT molecular complexity index is 666. The molecule has 21 heavy (non-hydrogen) atoms. The predicted octanol–water partition coefficient (Wildman–Crippen LogP) is 3.46. The normalized spacial score (nSPS) is 10.3. The average Bonchev–Trinajstić information content (AvgIpc) is 2.42. The maximum atomic E-state index is 13.9. The number of rotatable bonds is 4. The quantitative estimate of drug-likeness (QED) is 0.878. The largest absolute Gasteiger partial charge is 0.451 e. The van der Waals surface area contributed by atoms with E-state index in [2.05, 4.69) is 0 Å². The maximum Gasteiger partial charge on any atom is 0.198 e. The molecule has 0 radical (unpaired) electrons. The van der Waals surface area contributed by atoms with Crippen LogP contribution in [0.2, 0.25) is 0 Å². The van der Waals surface area contributed by atoms with E-state index >= 15 is 0 Å². The molecule has 0 unspecified atom stereocenters. The summed E-state index contributed by atoms with van der Waals surface area (Å²) in [6.45, 7) is 0. The zero-order valence-corrected chi connectivity index (χ0v) is 12.4. The summed E-state index contributed by atoms with van der Waals surface area (Å²) in [6, 6.07) is 9.00. The van der Waals surface area contributed by atoms with Crippen molar-refractivity contribution in [1.82, 2.24) is 0 Å². The van der Waals surface area contributed by atoms with E-state index in [-0.39, 0.29) is 10.6 Å². The molecule has 110 valence electrons. The highest BCUT2D eigenvalue weighted by molar-refractivity contribution is 7.80. The first-order valence-corrected chi connectivity index (χ1v) is 6.53. The van der Waals surface area contributed by atoms with Crippen LogP contribution in [0, 0.1) is 11.6 Å². The highest BCUT2D eigenvalue weighted by atomic mass is 32.1. The minimum atomic E-state index is -0.854. The van der Waals surface area contributed by atoms with Crippen molar-refractivity contribution in [1.29, 1.82) is 0 Å². The van der Waals surface area contributed by atoms with Gasteiger partial charge in [-0.3, -0.25) is 0 Å². The number of hydrogen-bond acceptors (Lipinski definition) is 3. The fourth-order valence-corrected chi connectivity index (χ4v) is 1.86. The molecule has 6 heteroatoms. The standard InChI is InChI=1S/C15H14F2N2OS/c1-19(2)10-4-3-5-11(8-10)20-14-12(16)6-9(15(18)21)7-13(14)17/h3-8H,1-2H3,(H2,18,21). The topological polar surface area (TPSA) is 38.5 Å². The number of benzene rings is 2. The second-order valence-electron chi connectivity index (χ2n) is 4.63. The highest BCUT2D eigenvalue weighted by Crippen LogP contribution is 2.30. The number of hydrogen-bond donors (Lipinski definition) is 1. The van der Waals surface area contributed by atoms with Gasteiger partial charge in [0.15, 0.2) is 17.4 Å². The van der Waals surface area contributed by atoms with Crippen LogP contribution in [-0.2, 0) is 0 Å². The second-order valence-corrected chi connectivity index (χ2v) is 5.07. The van der Waals surface area contributed by atoms with Gasteiger partial charge in [-0.2, -0.15) is 0 Å². The Kier molecular flexibility index (Phi) is 4.37. The molecule has 0 bridgehead atoms. The lowest BCUT2D eigenvalue weighted by Gasteiger charge is -2.14. The molecule has 0 amide bonds. The SMILES string of the molecule is CN(C)c1cccc(Oc2c(F)cc(C(N)=S)cc2F)c1. The van der Waals surface area contributed by atoms with E-state index in [9.17, 15) is 8.78 Å². The fraction of sp³-hybridized carbons (Fsp3) is 0.133. The number of anilines is 1. The van der Waals surface area contributed by atoms with Crippen molar-refractivity contribution in [2.75, 3.05) is 19.0 Å². The van der Waals surface area contributed by atoms with Crippen molar-refractivity contribution >= 4 is 22.9 Å². The van der Waals surface area contributed by atoms with Crippen molar-refractivity contribution in [3.63, 3.8) is 0 Å². The summed E-state index contributed by atoms with van der Waals surface area (Å²) in [6.07, 6.45) is 0. The van der Waals surface area contributed by atoms with Gasteiger partial charge in [-0.25, -0.2) is 8.78 Å². The van der Waals surface area contributed by atoms with Crippen LogP contribution in [0.5, 0.6) is 11.5 Å². The van der Waals surface area contributed by atoms with E-state index in [1.165, 1.54) is 0 Å². The third-order valence-electron chi connectivity index (χ3n) is 2.84. The number of nitrogens with zero attached hydrogens (tertiary/aromatic N) is 1. The van der Waals surface area contributed by atoms with Gasteiger partial charge < -0.3 is 15.4 Å². The molecular weight excluding hydrogens is 294 g/mol. The van der Waals surface area contributed by atoms with E-state index in [4.69, 9.17) is 22.7 Å². The third-order valence-corrected chi connectivity index (χ3v) is 3.07. The summed E-state index contributed by atoms with van der Waals surface area (Å²) in [5.41, 5.74) is 6.33. The molecule has 0 aromatic heterocycles. The molecule has 0 aliphatic heterocycles. The summed E-state index contributed by atoms with van der Waals surface area (Å²) in [7, 11) is 3.72. The van der Waals surface area contributed by atoms with Crippen LogP contribution in [0.4, 0.5) is 14.5 Å². The van der Waals surface area contributed by atoms with Gasteiger partial charge in [0.1, 0.15) is 10.7 Å². The Hall–Kier alpha value is -2.21. The molecule has 0 aliphatic rings. The molecule has 0 saturated heterocycles. The molecule has 3 nitrogen and oxygen atoms in total. The molecule has 0 aliphatic carbocycles. The first-order chi connectivity index (χ1) is 9.88. The fourth-order valence-electron chi connectivity index (χ4n) is 1.74. The van der Waals surface area contributed by atoms with Crippen LogP contribution in [0.1, 0.15) is 5.56 Å². The predicted molar refractivity (Wildman–Crippen MR) is 83.1 cm³/mol. The van der Waals surface area contributed by atoms with Gasteiger partial charge in [0, 0.05) is 31.4 Å². The molecule has 0 heterocycles. The van der Waals surface area contributed by atoms with Crippen molar-refractivity contribution in [2.24, 2.45) is 5.73 Å². The van der Waals surface area contributed by atoms with Crippen LogP contribution >= 0.6 is 12.2 Å². The Morgan fingerprint density at radius 3 is 2.29 bits per heavy atom. The zero-order chi connectivity index (χ0) is 15.6. The van der Waals surface area contributed by atoms with Crippen molar-refractivity contribution in [3.05, 3.63) is 53.6 Å². The third kappa shape index (κ3) is 3.46. The summed E-state index contributed by atoms with van der Waals surface area (Å²) >= 11 is 4.70. The highest BCUT2D eigenvalue weighted by Gasteiger charge is 2.15. The van der Waals surface area contributed by atoms with Gasteiger partial charge in [0.25, 0.3) is 0 Å². The Balaban J connectivity index is 2.36. The van der Waals surface area contributed by atoms with Gasteiger partial charge in [-0.15, -0.1) is 0 Å². The van der Waals surface area contributed by atoms with Crippen molar-refractivity contribution in [2.45, 2.75) is 0 Å². The average molecular weight is 308 g/mol. The molecule has 2 aromatic rings. The molecular formula is C15H14F2N2OS. The Morgan fingerprint density at radius 1 is 1.14 bits per heavy atom. The van der Waals surface area contributed by atoms with Crippen molar-refractivity contribution < 1.29 is 13.5 Å². The lowest BCUT2D eigenvalue weighted by Crippen LogP contribution is -2.10. The number of nitrogens with two attached hydrogens (primary N) is 1. The first-order valence-electron chi connectivity index (χ1n) is 6.12. The lowest BCUT2D eigenvalue weighted by atomic mass is 10.2. The van der Waals surface area contributed by atoms with Crippen LogP contribution in [0.15, 0.2) is 36.4 Å². The molecule has 0 saturated carbocycles. The maximum absolute atomic E-state index is 13.9. The van der Waals surface area contributed by atoms with E-state index in [0.717, 1.165) is 17.8 Å². The number of ether oxygens (including phenoxy) is 1. The number of halogens is 2. The van der Waals surface area contributed by atoms with E-state index in [0.29, 0.717) is 5.75 Å². The molecule has 2 rings (SSSR count). The van der Waals surface area contributed by atoms with Gasteiger partial charge in [0.05, 0.1) is 0 Å². The summed E-state index contributed by atoms with van der Waals surface area (Å²) in [4.78, 5) is 1.78. The van der Waals surface area contributed by atoms with Crippen LogP contribution in [0.3, 0.4) is 0 Å². The van der Waals surface area contributed by atoms with Gasteiger partial charge in [-0.05, 0) is 24.3 Å². The molecule has 0 spiro atoms. The molecule has 0 atom stereocenters. The minimum absolute atomic E-state index is 0.0750. The van der Waals surface area contributed by atoms with Gasteiger partial charge in [0.2, 0.25) is 0 Å². The minimum Gasteiger partial charge on any atom is -0.451 e. The van der Waals surface area contributed by atoms with Gasteiger partial charge in [-0.1, -0.05) is 18.3 Å². The smallest absolute Gasteiger partial charge is 0.198 e. The van der Waals surface area contributed by atoms with E-state index in [1.807, 2.05) is 25.1 Å². The summed E-state index contributed by atoms with van der Waals surface area (Å²) in [5.74, 6) is -1.85. The van der Waals surface area contributed by atoms with Crippen LogP contribution in [-0.4, -0.2) is 19.1 Å². The molecule has 2 aromatic carbocycles. The second kappa shape index (κ2) is 6.05. The van der Waals surface area contributed by atoms with Crippen LogP contribution in [0.25, 0.3) is 0 Å². The Morgan fingerprint density at radius 2 is 1.76 bits per heavy atom. The van der Waals surface area contributed by atoms with E-state index in [1.54, 1.807) is 18.2 Å². The van der Waals surface area contributed by atoms with Crippen LogP contribution < -0.4 is 15.4 Å². The Labute approximate surface area is 126 Å². The summed E-state index contributed by atoms with van der Waals surface area (Å²) in [5, 5.41) is 0. The monoisotopic (exact) mass is 308 g/mol. The molecule has 0 fully saturated rings. The van der Waals surface area contributed by atoms with Gasteiger partial charge >= 0.3 is 0 Å². The molecule has 2 N–H and O–H groups in total.